The first-order valence-electron chi connectivity index (χ1n) is 5.78. The van der Waals surface area contributed by atoms with Crippen LogP contribution < -0.4 is 0 Å². The smallest absolute Gasteiger partial charge is 0.150 e. The summed E-state index contributed by atoms with van der Waals surface area (Å²) in [5.74, 6) is 0.271. The summed E-state index contributed by atoms with van der Waals surface area (Å²) in [4.78, 5) is 0. The highest BCUT2D eigenvalue weighted by molar-refractivity contribution is 7.91. The SMILES string of the molecule is CCS(=O)(=O)CCC1(C#N)CC2CCC1O2. The first-order chi connectivity index (χ1) is 7.51. The van der Waals surface area contributed by atoms with Gasteiger partial charge in [-0.2, -0.15) is 5.26 Å². The molecule has 2 aliphatic heterocycles. The third-order valence-corrected chi connectivity index (χ3v) is 5.54. The minimum Gasteiger partial charge on any atom is -0.373 e. The second kappa shape index (κ2) is 4.01. The fourth-order valence-electron chi connectivity index (χ4n) is 2.72. The molecule has 0 aromatic carbocycles. The van der Waals surface area contributed by atoms with Crippen LogP contribution in [0.2, 0.25) is 0 Å². The van der Waals surface area contributed by atoms with Gasteiger partial charge in [-0.25, -0.2) is 8.42 Å². The predicted octanol–water partition coefficient (Wildman–Crippen LogP) is 1.27. The third kappa shape index (κ3) is 1.96. The van der Waals surface area contributed by atoms with Crippen molar-refractivity contribution in [3.05, 3.63) is 0 Å². The van der Waals surface area contributed by atoms with E-state index in [9.17, 15) is 13.7 Å². The molecular weight excluding hydrogens is 226 g/mol. The summed E-state index contributed by atoms with van der Waals surface area (Å²) in [6, 6.07) is 2.32. The Hall–Kier alpha value is -0.600. The number of nitrogens with zero attached hydrogens (tertiary/aromatic N) is 1. The van der Waals surface area contributed by atoms with Crippen molar-refractivity contribution < 1.29 is 13.2 Å². The van der Waals surface area contributed by atoms with E-state index in [1.165, 1.54) is 0 Å². The highest BCUT2D eigenvalue weighted by Crippen LogP contribution is 2.49. The van der Waals surface area contributed by atoms with E-state index in [1.54, 1.807) is 6.92 Å². The second-order valence-electron chi connectivity index (χ2n) is 4.78. The molecule has 0 saturated carbocycles. The number of hydrogen-bond donors (Lipinski definition) is 0. The molecule has 2 bridgehead atoms. The summed E-state index contributed by atoms with van der Waals surface area (Å²) in [7, 11) is -2.98. The van der Waals surface area contributed by atoms with Gasteiger partial charge in [0.15, 0.2) is 0 Å². The van der Waals surface area contributed by atoms with E-state index in [4.69, 9.17) is 4.74 Å². The van der Waals surface area contributed by atoms with Crippen molar-refractivity contribution >= 4 is 9.84 Å². The number of hydrogen-bond acceptors (Lipinski definition) is 4. The van der Waals surface area contributed by atoms with Crippen molar-refractivity contribution in [2.24, 2.45) is 5.41 Å². The van der Waals surface area contributed by atoms with Gasteiger partial charge in [-0.1, -0.05) is 6.92 Å². The Morgan fingerprint density at radius 3 is 2.69 bits per heavy atom. The Kier molecular flexibility index (Phi) is 2.97. The monoisotopic (exact) mass is 243 g/mol. The number of nitriles is 1. The zero-order valence-electron chi connectivity index (χ0n) is 9.48. The Morgan fingerprint density at radius 1 is 1.50 bits per heavy atom. The topological polar surface area (TPSA) is 67.2 Å². The summed E-state index contributed by atoms with van der Waals surface area (Å²) < 4.78 is 28.6. The van der Waals surface area contributed by atoms with E-state index in [0.29, 0.717) is 12.8 Å². The minimum atomic E-state index is -2.98. The van der Waals surface area contributed by atoms with E-state index in [1.807, 2.05) is 0 Å². The number of rotatable bonds is 4. The van der Waals surface area contributed by atoms with E-state index in [0.717, 1.165) is 12.8 Å². The van der Waals surface area contributed by atoms with Gasteiger partial charge in [-0.05, 0) is 25.7 Å². The lowest BCUT2D eigenvalue weighted by molar-refractivity contribution is 0.0779. The fourth-order valence-corrected chi connectivity index (χ4v) is 3.68. The summed E-state index contributed by atoms with van der Waals surface area (Å²) in [5.41, 5.74) is -0.537. The van der Waals surface area contributed by atoms with Crippen molar-refractivity contribution in [1.82, 2.24) is 0 Å². The number of sulfone groups is 1. The van der Waals surface area contributed by atoms with Gasteiger partial charge in [0, 0.05) is 5.75 Å². The van der Waals surface area contributed by atoms with Gasteiger partial charge >= 0.3 is 0 Å². The highest BCUT2D eigenvalue weighted by Gasteiger charge is 2.52. The molecule has 0 N–H and O–H groups in total. The fraction of sp³-hybridized carbons (Fsp3) is 0.909. The van der Waals surface area contributed by atoms with Crippen molar-refractivity contribution in [2.75, 3.05) is 11.5 Å². The van der Waals surface area contributed by atoms with E-state index < -0.39 is 15.3 Å². The summed E-state index contributed by atoms with van der Waals surface area (Å²) >= 11 is 0. The molecule has 2 rings (SSSR count). The van der Waals surface area contributed by atoms with Gasteiger partial charge in [-0.3, -0.25) is 0 Å². The van der Waals surface area contributed by atoms with Crippen LogP contribution >= 0.6 is 0 Å². The molecule has 90 valence electrons. The third-order valence-electron chi connectivity index (χ3n) is 3.84. The molecule has 0 radical (unpaired) electrons. The van der Waals surface area contributed by atoms with Crippen LogP contribution in [0.3, 0.4) is 0 Å². The quantitative estimate of drug-likeness (QED) is 0.745. The average molecular weight is 243 g/mol. The zero-order valence-corrected chi connectivity index (χ0v) is 10.3. The van der Waals surface area contributed by atoms with E-state index >= 15 is 0 Å². The van der Waals surface area contributed by atoms with Crippen LogP contribution in [0.25, 0.3) is 0 Å². The molecule has 5 heteroatoms. The molecule has 0 aliphatic carbocycles. The Bertz CT molecular complexity index is 411. The van der Waals surface area contributed by atoms with Crippen LogP contribution in [-0.4, -0.2) is 32.1 Å². The Balaban J connectivity index is 2.05. The van der Waals surface area contributed by atoms with Gasteiger partial charge in [0.25, 0.3) is 0 Å². The molecule has 3 unspecified atom stereocenters. The molecule has 3 atom stereocenters. The van der Waals surface area contributed by atoms with Crippen LogP contribution in [0, 0.1) is 16.7 Å². The molecule has 0 aromatic rings. The van der Waals surface area contributed by atoms with Gasteiger partial charge < -0.3 is 4.74 Å². The maximum absolute atomic E-state index is 11.5. The molecular formula is C11H17NO3S. The first-order valence-corrected chi connectivity index (χ1v) is 7.60. The predicted molar refractivity (Wildman–Crippen MR) is 59.5 cm³/mol. The van der Waals surface area contributed by atoms with Crippen molar-refractivity contribution in [3.8, 4) is 6.07 Å². The van der Waals surface area contributed by atoms with Crippen LogP contribution in [0.15, 0.2) is 0 Å². The molecule has 2 fully saturated rings. The van der Waals surface area contributed by atoms with Crippen LogP contribution in [0.1, 0.15) is 32.6 Å². The molecule has 0 spiro atoms. The van der Waals surface area contributed by atoms with E-state index in [-0.39, 0.29) is 23.7 Å². The Labute approximate surface area is 96.5 Å². The Morgan fingerprint density at radius 2 is 2.25 bits per heavy atom. The molecule has 0 amide bonds. The number of fused-ring (bicyclic) bond motifs is 2. The largest absolute Gasteiger partial charge is 0.373 e. The molecule has 2 saturated heterocycles. The molecule has 2 heterocycles. The maximum atomic E-state index is 11.5. The minimum absolute atomic E-state index is 0.0328. The summed E-state index contributed by atoms with van der Waals surface area (Å²) in [6.45, 7) is 1.64. The molecule has 0 aromatic heterocycles. The van der Waals surface area contributed by atoms with Gasteiger partial charge in [0.05, 0.1) is 29.4 Å². The van der Waals surface area contributed by atoms with Crippen molar-refractivity contribution in [2.45, 2.75) is 44.8 Å². The molecule has 16 heavy (non-hydrogen) atoms. The lowest BCUT2D eigenvalue weighted by Crippen LogP contribution is -2.33. The van der Waals surface area contributed by atoms with Gasteiger partial charge in [0.1, 0.15) is 9.84 Å². The lowest BCUT2D eigenvalue weighted by Gasteiger charge is -2.27. The lowest BCUT2D eigenvalue weighted by atomic mass is 9.73. The van der Waals surface area contributed by atoms with Crippen molar-refractivity contribution in [3.63, 3.8) is 0 Å². The second-order valence-corrected chi connectivity index (χ2v) is 7.26. The highest BCUT2D eigenvalue weighted by atomic mass is 32.2. The van der Waals surface area contributed by atoms with Crippen LogP contribution in [-0.2, 0) is 14.6 Å². The van der Waals surface area contributed by atoms with Gasteiger partial charge in [0.2, 0.25) is 0 Å². The van der Waals surface area contributed by atoms with Crippen molar-refractivity contribution in [1.29, 1.82) is 5.26 Å². The normalized spacial score (nSPS) is 37.5. The molecule has 2 aliphatic rings. The first kappa shape index (κ1) is 11.9. The van der Waals surface area contributed by atoms with E-state index in [2.05, 4.69) is 6.07 Å². The number of ether oxygens (including phenoxy) is 1. The zero-order chi connectivity index (χ0) is 11.8. The summed E-state index contributed by atoms with van der Waals surface area (Å²) in [6.07, 6.45) is 3.23. The van der Waals surface area contributed by atoms with Crippen LogP contribution in [0.4, 0.5) is 0 Å². The summed E-state index contributed by atoms with van der Waals surface area (Å²) in [5, 5.41) is 9.28. The maximum Gasteiger partial charge on any atom is 0.150 e. The van der Waals surface area contributed by atoms with Crippen LogP contribution in [0.5, 0.6) is 0 Å². The molecule has 4 nitrogen and oxygen atoms in total. The average Bonchev–Trinajstić information content (AvgIpc) is 2.87. The van der Waals surface area contributed by atoms with Gasteiger partial charge in [-0.15, -0.1) is 0 Å². The standard InChI is InChI=1S/C11H17NO3S/c1-2-16(13,14)6-5-11(8-12)7-9-3-4-10(11)15-9/h9-10H,2-7H2,1H3.